The Kier molecular flexibility index (Phi) is 3.15. The highest BCUT2D eigenvalue weighted by atomic mass is 35.5. The average Bonchev–Trinajstić information content (AvgIpc) is 2.67. The van der Waals surface area contributed by atoms with Crippen molar-refractivity contribution in [1.29, 1.82) is 0 Å². The normalized spacial score (nSPS) is 23.9. The molecule has 0 saturated carbocycles. The molecular formula is C13H14ClFN2OS. The second kappa shape index (κ2) is 4.58. The summed E-state index contributed by atoms with van der Waals surface area (Å²) in [4.78, 5) is 3.09. The van der Waals surface area contributed by atoms with Gasteiger partial charge in [0.1, 0.15) is 5.82 Å². The number of ether oxygens (including phenoxy) is 1. The molecule has 3 nitrogen and oxygen atoms in total. The van der Waals surface area contributed by atoms with Gasteiger partial charge in [-0.15, -0.1) is 0 Å². The highest BCUT2D eigenvalue weighted by molar-refractivity contribution is 7.71. The predicted octanol–water partition coefficient (Wildman–Crippen LogP) is 4.02. The van der Waals surface area contributed by atoms with Crippen molar-refractivity contribution >= 4 is 34.9 Å². The van der Waals surface area contributed by atoms with E-state index in [-0.39, 0.29) is 10.6 Å². The van der Waals surface area contributed by atoms with Crippen molar-refractivity contribution in [3.8, 4) is 0 Å². The third-order valence-corrected chi connectivity index (χ3v) is 4.26. The van der Waals surface area contributed by atoms with Crippen molar-refractivity contribution in [3.63, 3.8) is 0 Å². The number of fused-ring (bicyclic) bond motifs is 1. The van der Waals surface area contributed by atoms with Crippen molar-refractivity contribution in [2.45, 2.75) is 25.3 Å². The number of aromatic nitrogens is 2. The number of nitrogens with zero attached hydrogens (tertiary/aromatic N) is 1. The number of rotatable bonds is 1. The van der Waals surface area contributed by atoms with Gasteiger partial charge in [-0.25, -0.2) is 4.39 Å². The molecule has 1 aliphatic heterocycles. The Hall–Kier alpha value is -0.910. The lowest BCUT2D eigenvalue weighted by atomic mass is 9.94. The van der Waals surface area contributed by atoms with Gasteiger partial charge >= 0.3 is 0 Å². The summed E-state index contributed by atoms with van der Waals surface area (Å²) in [5, 5.41) is 0.0981. The highest BCUT2D eigenvalue weighted by Crippen LogP contribution is 2.32. The Morgan fingerprint density at radius 3 is 3.00 bits per heavy atom. The Morgan fingerprint density at radius 1 is 1.53 bits per heavy atom. The van der Waals surface area contributed by atoms with Gasteiger partial charge in [0.2, 0.25) is 0 Å². The first kappa shape index (κ1) is 13.1. The van der Waals surface area contributed by atoms with Crippen molar-refractivity contribution < 1.29 is 9.13 Å². The molecule has 0 spiro atoms. The van der Waals surface area contributed by atoms with Crippen molar-refractivity contribution in [2.75, 3.05) is 13.2 Å². The molecule has 102 valence electrons. The van der Waals surface area contributed by atoms with Crippen LogP contribution < -0.4 is 0 Å². The van der Waals surface area contributed by atoms with Crippen LogP contribution >= 0.6 is 23.8 Å². The molecule has 1 fully saturated rings. The minimum absolute atomic E-state index is 0.0981. The maximum absolute atomic E-state index is 13.7. The molecule has 1 aliphatic rings. The topological polar surface area (TPSA) is 29.9 Å². The van der Waals surface area contributed by atoms with Gasteiger partial charge in [-0.3, -0.25) is 0 Å². The van der Waals surface area contributed by atoms with Crippen LogP contribution in [0.2, 0.25) is 5.02 Å². The van der Waals surface area contributed by atoms with Crippen LogP contribution in [0.25, 0.3) is 11.0 Å². The molecule has 1 saturated heterocycles. The molecule has 1 unspecified atom stereocenters. The summed E-state index contributed by atoms with van der Waals surface area (Å²) in [5.41, 5.74) is 1.25. The summed E-state index contributed by atoms with van der Waals surface area (Å²) in [6.45, 7) is 3.44. The highest BCUT2D eigenvalue weighted by Gasteiger charge is 2.31. The molecule has 6 heteroatoms. The van der Waals surface area contributed by atoms with E-state index in [2.05, 4.69) is 11.9 Å². The van der Waals surface area contributed by atoms with Crippen molar-refractivity contribution in [1.82, 2.24) is 9.55 Å². The van der Waals surface area contributed by atoms with Crippen LogP contribution in [-0.2, 0) is 10.3 Å². The predicted molar refractivity (Wildman–Crippen MR) is 75.8 cm³/mol. The van der Waals surface area contributed by atoms with Gasteiger partial charge in [0.05, 0.1) is 28.2 Å². The molecule has 2 aromatic rings. The van der Waals surface area contributed by atoms with Gasteiger partial charge in [0.25, 0.3) is 0 Å². The molecule has 0 bridgehead atoms. The average molecular weight is 301 g/mol. The van der Waals surface area contributed by atoms with E-state index in [9.17, 15) is 4.39 Å². The number of hydrogen-bond acceptors (Lipinski definition) is 2. The Balaban J connectivity index is 2.25. The van der Waals surface area contributed by atoms with Crippen molar-refractivity contribution in [3.05, 3.63) is 27.7 Å². The van der Waals surface area contributed by atoms with Crippen LogP contribution in [0.4, 0.5) is 4.39 Å². The van der Waals surface area contributed by atoms with Crippen LogP contribution in [0, 0.1) is 10.6 Å². The van der Waals surface area contributed by atoms with E-state index in [0.717, 1.165) is 30.5 Å². The largest absolute Gasteiger partial charge is 0.379 e. The van der Waals surface area contributed by atoms with Gasteiger partial charge < -0.3 is 14.3 Å². The molecule has 0 radical (unpaired) electrons. The quantitative estimate of drug-likeness (QED) is 0.806. The van der Waals surface area contributed by atoms with E-state index in [4.69, 9.17) is 28.6 Å². The number of nitrogens with one attached hydrogen (secondary N) is 1. The smallest absolute Gasteiger partial charge is 0.178 e. The van der Waals surface area contributed by atoms with E-state index in [1.54, 1.807) is 6.07 Å². The monoisotopic (exact) mass is 300 g/mol. The summed E-state index contributed by atoms with van der Waals surface area (Å²) >= 11 is 11.2. The first-order valence-electron chi connectivity index (χ1n) is 6.19. The molecule has 1 N–H and O–H groups in total. The van der Waals surface area contributed by atoms with Crippen LogP contribution in [0.5, 0.6) is 0 Å². The summed E-state index contributed by atoms with van der Waals surface area (Å²) in [6, 6.07) is 3.01. The Labute approximate surface area is 120 Å². The van der Waals surface area contributed by atoms with Gasteiger partial charge in [-0.05, 0) is 38.0 Å². The lowest BCUT2D eigenvalue weighted by Gasteiger charge is -2.35. The second-order valence-electron chi connectivity index (χ2n) is 5.20. The lowest BCUT2D eigenvalue weighted by molar-refractivity contribution is 0.0108. The van der Waals surface area contributed by atoms with E-state index in [1.807, 2.05) is 4.57 Å². The van der Waals surface area contributed by atoms with Gasteiger partial charge in [-0.2, -0.15) is 0 Å². The first-order valence-corrected chi connectivity index (χ1v) is 6.98. The van der Waals surface area contributed by atoms with Crippen LogP contribution in [-0.4, -0.2) is 22.8 Å². The van der Waals surface area contributed by atoms with Crippen LogP contribution in [0.15, 0.2) is 12.1 Å². The summed E-state index contributed by atoms with van der Waals surface area (Å²) in [5.74, 6) is -0.433. The van der Waals surface area contributed by atoms with Gasteiger partial charge in [0, 0.05) is 12.7 Å². The molecule has 3 rings (SSSR count). The van der Waals surface area contributed by atoms with Crippen LogP contribution in [0.1, 0.15) is 19.8 Å². The number of halogens is 2. The summed E-state index contributed by atoms with van der Waals surface area (Å²) < 4.78 is 21.8. The molecule has 1 atom stereocenters. The molecule has 0 aliphatic carbocycles. The van der Waals surface area contributed by atoms with E-state index < -0.39 is 5.82 Å². The standard InChI is InChI=1S/C13H14ClFN2OS/c1-13(3-2-4-18-7-13)17-11-6-9(15)8(14)5-10(11)16-12(17)19/h5-6H,2-4,7H2,1H3,(H,16,19). The van der Waals surface area contributed by atoms with E-state index in [0.29, 0.717) is 11.4 Å². The Morgan fingerprint density at radius 2 is 2.32 bits per heavy atom. The molecule has 2 heterocycles. The maximum atomic E-state index is 13.7. The minimum Gasteiger partial charge on any atom is -0.379 e. The number of imidazole rings is 1. The van der Waals surface area contributed by atoms with E-state index in [1.165, 1.54) is 6.07 Å². The molecule has 19 heavy (non-hydrogen) atoms. The molecule has 1 aromatic heterocycles. The SMILES string of the molecule is CC1(n2c(=S)[nH]c3cc(Cl)c(F)cc32)CCCOC1. The fraction of sp³-hybridized carbons (Fsp3) is 0.462. The zero-order chi connectivity index (χ0) is 13.6. The second-order valence-corrected chi connectivity index (χ2v) is 6.00. The summed E-state index contributed by atoms with van der Waals surface area (Å²) in [7, 11) is 0. The maximum Gasteiger partial charge on any atom is 0.178 e. The number of benzene rings is 1. The zero-order valence-corrected chi connectivity index (χ0v) is 12.1. The van der Waals surface area contributed by atoms with Crippen molar-refractivity contribution in [2.24, 2.45) is 0 Å². The van der Waals surface area contributed by atoms with Gasteiger partial charge in [-0.1, -0.05) is 11.6 Å². The third-order valence-electron chi connectivity index (χ3n) is 3.68. The van der Waals surface area contributed by atoms with E-state index >= 15 is 0 Å². The number of H-pyrrole nitrogens is 1. The first-order chi connectivity index (χ1) is 9.01. The fourth-order valence-corrected chi connectivity index (χ4v) is 3.33. The molecular weight excluding hydrogens is 287 g/mol. The fourth-order valence-electron chi connectivity index (χ4n) is 2.73. The van der Waals surface area contributed by atoms with Crippen LogP contribution in [0.3, 0.4) is 0 Å². The summed E-state index contributed by atoms with van der Waals surface area (Å²) in [6.07, 6.45) is 1.93. The number of aromatic amines is 1. The van der Waals surface area contributed by atoms with Gasteiger partial charge in [0.15, 0.2) is 4.77 Å². The minimum atomic E-state index is -0.433. The Bertz CT molecular complexity index is 688. The molecule has 1 aromatic carbocycles. The molecule has 0 amide bonds. The zero-order valence-electron chi connectivity index (χ0n) is 10.5. The third kappa shape index (κ3) is 2.10. The lowest BCUT2D eigenvalue weighted by Crippen LogP contribution is -2.39. The number of hydrogen-bond donors (Lipinski definition) is 1.